The fourth-order valence-corrected chi connectivity index (χ4v) is 4.41. The predicted octanol–water partition coefficient (Wildman–Crippen LogP) is 3.17. The van der Waals surface area contributed by atoms with Crippen LogP contribution in [0.5, 0.6) is 0 Å². The quantitative estimate of drug-likeness (QED) is 0.285. The highest BCUT2D eigenvalue weighted by Crippen LogP contribution is 2.20. The third-order valence-corrected chi connectivity index (χ3v) is 6.34. The molecular formula is C21H35F2IN4O2S. The number of aliphatic imine (C=N–C) groups is 1. The second-order valence-electron chi connectivity index (χ2n) is 8.89. The fraction of sp³-hybridized carbons (Fsp3) is 0.667. The van der Waals surface area contributed by atoms with Crippen LogP contribution in [0.15, 0.2) is 23.2 Å². The van der Waals surface area contributed by atoms with Crippen LogP contribution in [0.4, 0.5) is 8.78 Å². The van der Waals surface area contributed by atoms with E-state index in [0.29, 0.717) is 25.5 Å². The number of hydrogen-bond donors (Lipinski definition) is 2. The minimum absolute atomic E-state index is 0. The molecule has 1 aliphatic heterocycles. The van der Waals surface area contributed by atoms with Gasteiger partial charge in [-0.1, -0.05) is 19.9 Å². The first kappa shape index (κ1) is 28.0. The van der Waals surface area contributed by atoms with Gasteiger partial charge in [-0.15, -0.1) is 24.0 Å². The van der Waals surface area contributed by atoms with Crippen LogP contribution in [-0.2, 0) is 16.4 Å². The lowest BCUT2D eigenvalue weighted by molar-refractivity contribution is 0.188. The third kappa shape index (κ3) is 9.98. The summed E-state index contributed by atoms with van der Waals surface area (Å²) >= 11 is 0. The Kier molecular flexibility index (Phi) is 11.1. The minimum Gasteiger partial charge on any atom is -0.356 e. The summed E-state index contributed by atoms with van der Waals surface area (Å²) in [6.07, 6.45) is 3.67. The van der Waals surface area contributed by atoms with Crippen LogP contribution in [0.1, 0.15) is 38.7 Å². The molecule has 1 aromatic rings. The molecule has 0 radical (unpaired) electrons. The highest BCUT2D eigenvalue weighted by Gasteiger charge is 2.24. The Morgan fingerprint density at radius 2 is 1.94 bits per heavy atom. The van der Waals surface area contributed by atoms with Crippen LogP contribution in [0.3, 0.4) is 0 Å². The molecule has 6 nitrogen and oxygen atoms in total. The Morgan fingerprint density at radius 3 is 2.52 bits per heavy atom. The van der Waals surface area contributed by atoms with Crippen molar-refractivity contribution in [2.45, 2.75) is 45.7 Å². The maximum Gasteiger partial charge on any atom is 0.191 e. The summed E-state index contributed by atoms with van der Waals surface area (Å²) in [4.78, 5) is 6.32. The summed E-state index contributed by atoms with van der Waals surface area (Å²) in [6.45, 7) is 6.30. The predicted molar refractivity (Wildman–Crippen MR) is 133 cm³/mol. The van der Waals surface area contributed by atoms with Gasteiger partial charge in [-0.2, -0.15) is 0 Å². The van der Waals surface area contributed by atoms with Crippen molar-refractivity contribution in [2.24, 2.45) is 10.4 Å². The first-order chi connectivity index (χ1) is 14.0. The molecule has 10 heteroatoms. The number of likely N-dealkylation sites (tertiary alicyclic amines) is 1. The van der Waals surface area contributed by atoms with E-state index in [1.165, 1.54) is 24.5 Å². The van der Waals surface area contributed by atoms with Crippen LogP contribution in [0.2, 0.25) is 0 Å². The van der Waals surface area contributed by atoms with Gasteiger partial charge in [0.2, 0.25) is 0 Å². The second-order valence-corrected chi connectivity index (χ2v) is 11.1. The van der Waals surface area contributed by atoms with Gasteiger partial charge >= 0.3 is 0 Å². The van der Waals surface area contributed by atoms with Crippen LogP contribution < -0.4 is 10.6 Å². The lowest BCUT2D eigenvalue weighted by Gasteiger charge is -2.34. The molecule has 1 saturated heterocycles. The van der Waals surface area contributed by atoms with E-state index in [1.807, 2.05) is 18.7 Å². The summed E-state index contributed by atoms with van der Waals surface area (Å²) in [5.74, 6) is -0.234. The van der Waals surface area contributed by atoms with E-state index < -0.39 is 21.5 Å². The molecule has 0 amide bonds. The van der Waals surface area contributed by atoms with Gasteiger partial charge in [-0.25, -0.2) is 17.2 Å². The highest BCUT2D eigenvalue weighted by atomic mass is 127. The van der Waals surface area contributed by atoms with Crippen molar-refractivity contribution in [2.75, 3.05) is 38.7 Å². The van der Waals surface area contributed by atoms with Crippen molar-refractivity contribution in [3.8, 4) is 0 Å². The van der Waals surface area contributed by atoms with Crippen molar-refractivity contribution in [1.82, 2.24) is 15.5 Å². The van der Waals surface area contributed by atoms with Crippen LogP contribution in [0, 0.1) is 17.0 Å². The Labute approximate surface area is 202 Å². The molecule has 0 aliphatic carbocycles. The normalized spacial score (nSPS) is 18.4. The van der Waals surface area contributed by atoms with Gasteiger partial charge in [0.05, 0.1) is 5.75 Å². The molecule has 31 heavy (non-hydrogen) atoms. The maximum absolute atomic E-state index is 14.0. The number of benzene rings is 1. The molecule has 1 heterocycles. The van der Waals surface area contributed by atoms with Gasteiger partial charge in [0, 0.05) is 44.5 Å². The Morgan fingerprint density at radius 1 is 1.29 bits per heavy atom. The standard InChI is InChI=1S/C21H34F2N4O2S.HI/c1-21(2,10-12-30(4,28)29)15-25-20(24-3)26-16-7-6-11-27(13-16)14-17-18(22)8-5-9-19(17)23;/h5,8-9,16H,6-7,10-15H2,1-4H3,(H2,24,25,26);1H. The molecule has 1 atom stereocenters. The number of nitrogens with zero attached hydrogens (tertiary/aromatic N) is 2. The SMILES string of the molecule is CN=C(NCC(C)(C)CCS(C)(=O)=O)NC1CCCN(Cc2c(F)cccc2F)C1.I. The number of rotatable bonds is 8. The Bertz CT molecular complexity index is 830. The Balaban J connectivity index is 0.00000480. The van der Waals surface area contributed by atoms with Gasteiger partial charge in [0.15, 0.2) is 5.96 Å². The number of nitrogens with one attached hydrogen (secondary N) is 2. The molecule has 1 aromatic carbocycles. The number of halogens is 3. The molecule has 1 fully saturated rings. The molecule has 2 N–H and O–H groups in total. The summed E-state index contributed by atoms with van der Waals surface area (Å²) in [5.41, 5.74) is -0.102. The maximum atomic E-state index is 14.0. The number of guanidine groups is 1. The zero-order chi connectivity index (χ0) is 22.4. The largest absolute Gasteiger partial charge is 0.356 e. The Hall–Kier alpha value is -1.01. The lowest BCUT2D eigenvalue weighted by Crippen LogP contribution is -2.52. The van der Waals surface area contributed by atoms with E-state index >= 15 is 0 Å². The molecule has 0 aromatic heterocycles. The van der Waals surface area contributed by atoms with Gasteiger partial charge in [-0.05, 0) is 43.4 Å². The average molecular weight is 573 g/mol. The van der Waals surface area contributed by atoms with E-state index in [4.69, 9.17) is 0 Å². The summed E-state index contributed by atoms with van der Waals surface area (Å²) in [5, 5.41) is 6.67. The molecule has 0 bridgehead atoms. The van der Waals surface area contributed by atoms with Crippen molar-refractivity contribution < 1.29 is 17.2 Å². The van der Waals surface area contributed by atoms with Crippen molar-refractivity contribution in [1.29, 1.82) is 0 Å². The van der Waals surface area contributed by atoms with Gasteiger partial charge in [0.25, 0.3) is 0 Å². The smallest absolute Gasteiger partial charge is 0.191 e. The molecule has 0 spiro atoms. The number of hydrogen-bond acceptors (Lipinski definition) is 4. The number of piperidine rings is 1. The zero-order valence-electron chi connectivity index (χ0n) is 18.7. The molecule has 178 valence electrons. The van der Waals surface area contributed by atoms with Crippen LogP contribution in [-0.4, -0.2) is 64.0 Å². The van der Waals surface area contributed by atoms with Crippen molar-refractivity contribution in [3.05, 3.63) is 35.4 Å². The lowest BCUT2D eigenvalue weighted by atomic mass is 9.90. The van der Waals surface area contributed by atoms with Crippen molar-refractivity contribution >= 4 is 39.8 Å². The first-order valence-electron chi connectivity index (χ1n) is 10.3. The molecule has 1 aliphatic rings. The van der Waals surface area contributed by atoms with E-state index in [2.05, 4.69) is 15.6 Å². The third-order valence-electron chi connectivity index (χ3n) is 5.40. The second kappa shape index (κ2) is 12.3. The van der Waals surface area contributed by atoms with Gasteiger partial charge < -0.3 is 10.6 Å². The summed E-state index contributed by atoms with van der Waals surface area (Å²) in [7, 11) is -1.31. The molecule has 0 saturated carbocycles. The van der Waals surface area contributed by atoms with Crippen LogP contribution >= 0.6 is 24.0 Å². The number of sulfone groups is 1. The van der Waals surface area contributed by atoms with Gasteiger partial charge in [-0.3, -0.25) is 9.89 Å². The fourth-order valence-electron chi connectivity index (χ4n) is 3.49. The van der Waals surface area contributed by atoms with E-state index in [-0.39, 0.29) is 53.3 Å². The molecular weight excluding hydrogens is 537 g/mol. The monoisotopic (exact) mass is 572 g/mol. The topological polar surface area (TPSA) is 73.8 Å². The highest BCUT2D eigenvalue weighted by molar-refractivity contribution is 14.0. The van der Waals surface area contributed by atoms with E-state index in [9.17, 15) is 17.2 Å². The first-order valence-corrected chi connectivity index (χ1v) is 12.4. The minimum atomic E-state index is -2.99. The average Bonchev–Trinajstić information content (AvgIpc) is 2.66. The van der Waals surface area contributed by atoms with E-state index in [1.54, 1.807) is 7.05 Å². The zero-order valence-corrected chi connectivity index (χ0v) is 21.9. The van der Waals surface area contributed by atoms with E-state index in [0.717, 1.165) is 19.4 Å². The van der Waals surface area contributed by atoms with Crippen molar-refractivity contribution in [3.63, 3.8) is 0 Å². The van der Waals surface area contributed by atoms with Gasteiger partial charge in [0.1, 0.15) is 21.5 Å². The molecule has 2 rings (SSSR count). The van der Waals surface area contributed by atoms with Crippen LogP contribution in [0.25, 0.3) is 0 Å². The summed E-state index contributed by atoms with van der Waals surface area (Å²) in [6, 6.07) is 4.06. The molecule has 1 unspecified atom stereocenters. The summed E-state index contributed by atoms with van der Waals surface area (Å²) < 4.78 is 50.8.